The Kier molecular flexibility index (Phi) is 3.97. The number of benzene rings is 1. The second-order valence-electron chi connectivity index (χ2n) is 4.62. The van der Waals surface area contributed by atoms with Crippen molar-refractivity contribution in [1.29, 1.82) is 0 Å². The molecule has 0 radical (unpaired) electrons. The molecular weight excluding hydrogens is 234 g/mol. The van der Waals surface area contributed by atoms with Gasteiger partial charge in [-0.05, 0) is 35.9 Å². The molecule has 2 nitrogen and oxygen atoms in total. The summed E-state index contributed by atoms with van der Waals surface area (Å²) in [6, 6.07) is 7.94. The topological polar surface area (TPSA) is 30.9 Å². The van der Waals surface area contributed by atoms with Gasteiger partial charge in [-0.2, -0.15) is 0 Å². The molecule has 2 rings (SSSR count). The van der Waals surface area contributed by atoms with Gasteiger partial charge in [0, 0.05) is 17.8 Å². The number of rotatable bonds is 5. The number of halogens is 2. The van der Waals surface area contributed by atoms with E-state index < -0.39 is 6.43 Å². The van der Waals surface area contributed by atoms with E-state index in [9.17, 15) is 8.78 Å². The maximum Gasteiger partial charge on any atom is 0.256 e. The summed E-state index contributed by atoms with van der Waals surface area (Å²) in [6.45, 7) is 1.79. The lowest BCUT2D eigenvalue weighted by Gasteiger charge is -2.10. The third-order valence-electron chi connectivity index (χ3n) is 3.20. The zero-order valence-corrected chi connectivity index (χ0v) is 10.4. The number of hydrogen-bond donors (Lipinski definition) is 1. The van der Waals surface area contributed by atoms with Gasteiger partial charge >= 0.3 is 0 Å². The number of nitrogens with two attached hydrogens (primary N) is 1. The summed E-state index contributed by atoms with van der Waals surface area (Å²) in [5.41, 5.74) is 7.88. The molecule has 2 N–H and O–H groups in total. The molecule has 1 aromatic heterocycles. The van der Waals surface area contributed by atoms with Crippen LogP contribution in [0.25, 0.3) is 10.9 Å². The second-order valence-corrected chi connectivity index (χ2v) is 4.62. The van der Waals surface area contributed by atoms with Crippen LogP contribution < -0.4 is 5.73 Å². The average molecular weight is 252 g/mol. The summed E-state index contributed by atoms with van der Waals surface area (Å²) in [6.07, 6.45) is 1.07. The Bertz CT molecular complexity index is 519. The Morgan fingerprint density at radius 2 is 2.06 bits per heavy atom. The van der Waals surface area contributed by atoms with E-state index in [1.807, 2.05) is 31.2 Å². The van der Waals surface area contributed by atoms with Crippen molar-refractivity contribution in [2.24, 2.45) is 5.73 Å². The number of nitrogens with zero attached hydrogens (tertiary/aromatic N) is 1. The number of hydrogen-bond acceptors (Lipinski definition) is 1. The minimum atomic E-state index is -2.33. The summed E-state index contributed by atoms with van der Waals surface area (Å²) in [5.74, 6) is 0. The van der Waals surface area contributed by atoms with E-state index in [2.05, 4.69) is 0 Å². The van der Waals surface area contributed by atoms with Gasteiger partial charge in [0.25, 0.3) is 6.43 Å². The Labute approximate surface area is 105 Å². The molecule has 1 unspecified atom stereocenters. The van der Waals surface area contributed by atoms with Crippen molar-refractivity contribution < 1.29 is 8.78 Å². The molecule has 18 heavy (non-hydrogen) atoms. The largest absolute Gasteiger partial charge is 0.342 e. The Balaban J connectivity index is 2.30. The third-order valence-corrected chi connectivity index (χ3v) is 3.20. The highest BCUT2D eigenvalue weighted by Crippen LogP contribution is 2.19. The van der Waals surface area contributed by atoms with Crippen LogP contribution in [0.2, 0.25) is 0 Å². The third kappa shape index (κ3) is 2.88. The summed E-state index contributed by atoms with van der Waals surface area (Å²) >= 11 is 0. The molecule has 1 heterocycles. The first-order valence-corrected chi connectivity index (χ1v) is 6.21. The summed E-state index contributed by atoms with van der Waals surface area (Å²) in [7, 11) is 0. The van der Waals surface area contributed by atoms with E-state index in [1.54, 1.807) is 10.8 Å². The predicted molar refractivity (Wildman–Crippen MR) is 69.9 cm³/mol. The first-order valence-electron chi connectivity index (χ1n) is 6.21. The molecule has 1 atom stereocenters. The van der Waals surface area contributed by atoms with Gasteiger partial charge in [0.2, 0.25) is 0 Å². The average Bonchev–Trinajstić information content (AvgIpc) is 2.71. The minimum absolute atomic E-state index is 0.126. The maximum atomic E-state index is 12.5. The van der Waals surface area contributed by atoms with Crippen LogP contribution in [0.1, 0.15) is 18.9 Å². The Hall–Kier alpha value is -1.42. The van der Waals surface area contributed by atoms with Crippen LogP contribution in [0.3, 0.4) is 0 Å². The van der Waals surface area contributed by atoms with Crippen LogP contribution in [-0.4, -0.2) is 17.0 Å². The minimum Gasteiger partial charge on any atom is -0.342 e. The second kappa shape index (κ2) is 5.48. The summed E-state index contributed by atoms with van der Waals surface area (Å²) < 4.78 is 26.5. The highest BCUT2D eigenvalue weighted by Gasteiger charge is 2.09. The van der Waals surface area contributed by atoms with Crippen LogP contribution in [0.15, 0.2) is 30.5 Å². The lowest BCUT2D eigenvalue weighted by Crippen LogP contribution is -2.21. The van der Waals surface area contributed by atoms with Gasteiger partial charge in [-0.3, -0.25) is 0 Å². The van der Waals surface area contributed by atoms with E-state index in [0.717, 1.165) is 29.3 Å². The Morgan fingerprint density at radius 3 is 2.72 bits per heavy atom. The zero-order valence-electron chi connectivity index (χ0n) is 10.4. The molecule has 0 saturated heterocycles. The highest BCUT2D eigenvalue weighted by atomic mass is 19.3. The summed E-state index contributed by atoms with van der Waals surface area (Å²) in [5, 5.41) is 0.990. The molecule has 1 aromatic carbocycles. The first kappa shape index (κ1) is 13.0. The fraction of sp³-hybridized carbons (Fsp3) is 0.429. The lowest BCUT2D eigenvalue weighted by molar-refractivity contribution is 0.128. The van der Waals surface area contributed by atoms with Crippen LogP contribution in [0.5, 0.6) is 0 Å². The van der Waals surface area contributed by atoms with Crippen molar-refractivity contribution in [2.75, 3.05) is 0 Å². The van der Waals surface area contributed by atoms with E-state index in [0.29, 0.717) is 0 Å². The van der Waals surface area contributed by atoms with Crippen LogP contribution >= 0.6 is 0 Å². The van der Waals surface area contributed by atoms with Crippen LogP contribution in [-0.2, 0) is 13.0 Å². The van der Waals surface area contributed by atoms with E-state index in [4.69, 9.17) is 5.73 Å². The standard InChI is InChI=1S/C14H18F2N2/c1-2-12(17)7-10-3-4-11-5-6-18(9-14(15)16)13(11)8-10/h3-6,8,12,14H,2,7,9,17H2,1H3. The number of fused-ring (bicyclic) bond motifs is 1. The lowest BCUT2D eigenvalue weighted by atomic mass is 10.0. The molecular formula is C14H18F2N2. The molecule has 2 aromatic rings. The van der Waals surface area contributed by atoms with Gasteiger partial charge in [-0.1, -0.05) is 19.1 Å². The molecule has 0 saturated carbocycles. The molecule has 0 amide bonds. The number of alkyl halides is 2. The van der Waals surface area contributed by atoms with Crippen LogP contribution in [0, 0.1) is 0 Å². The Morgan fingerprint density at radius 1 is 1.28 bits per heavy atom. The van der Waals surface area contributed by atoms with Crippen molar-refractivity contribution >= 4 is 10.9 Å². The van der Waals surface area contributed by atoms with Gasteiger partial charge in [0.15, 0.2) is 0 Å². The molecule has 0 fully saturated rings. The SMILES string of the molecule is CCC(N)Cc1ccc2ccn(CC(F)F)c2c1. The molecule has 0 spiro atoms. The van der Waals surface area contributed by atoms with E-state index >= 15 is 0 Å². The molecule has 98 valence electrons. The van der Waals surface area contributed by atoms with E-state index in [1.165, 1.54) is 0 Å². The van der Waals surface area contributed by atoms with Crippen molar-refractivity contribution in [3.05, 3.63) is 36.0 Å². The van der Waals surface area contributed by atoms with Gasteiger partial charge in [0.1, 0.15) is 0 Å². The highest BCUT2D eigenvalue weighted by molar-refractivity contribution is 5.80. The van der Waals surface area contributed by atoms with Crippen LogP contribution in [0.4, 0.5) is 8.78 Å². The quantitative estimate of drug-likeness (QED) is 0.870. The van der Waals surface area contributed by atoms with Gasteiger partial charge in [0.05, 0.1) is 6.54 Å². The molecule has 4 heteroatoms. The monoisotopic (exact) mass is 252 g/mol. The van der Waals surface area contributed by atoms with Crippen molar-refractivity contribution in [1.82, 2.24) is 4.57 Å². The van der Waals surface area contributed by atoms with Gasteiger partial charge in [-0.15, -0.1) is 0 Å². The molecule has 0 aliphatic rings. The van der Waals surface area contributed by atoms with Gasteiger partial charge < -0.3 is 10.3 Å². The van der Waals surface area contributed by atoms with E-state index in [-0.39, 0.29) is 12.6 Å². The first-order chi connectivity index (χ1) is 8.60. The molecule has 0 aliphatic carbocycles. The van der Waals surface area contributed by atoms with Gasteiger partial charge in [-0.25, -0.2) is 8.78 Å². The molecule has 0 aliphatic heterocycles. The maximum absolute atomic E-state index is 12.5. The predicted octanol–water partition coefficient (Wildman–Crippen LogP) is 3.19. The van der Waals surface area contributed by atoms with Crippen molar-refractivity contribution in [3.63, 3.8) is 0 Å². The normalized spacial score (nSPS) is 13.4. The molecule has 0 bridgehead atoms. The summed E-state index contributed by atoms with van der Waals surface area (Å²) in [4.78, 5) is 0. The fourth-order valence-electron chi connectivity index (χ4n) is 2.11. The number of aromatic nitrogens is 1. The van der Waals surface area contributed by atoms with Crippen molar-refractivity contribution in [2.45, 2.75) is 38.8 Å². The fourth-order valence-corrected chi connectivity index (χ4v) is 2.11. The zero-order chi connectivity index (χ0) is 13.1. The van der Waals surface area contributed by atoms with Crippen molar-refractivity contribution in [3.8, 4) is 0 Å². The smallest absolute Gasteiger partial charge is 0.256 e.